The van der Waals surface area contributed by atoms with E-state index in [0.29, 0.717) is 0 Å². The van der Waals surface area contributed by atoms with Crippen LogP contribution < -0.4 is 6.15 Å². The molecule has 0 N–H and O–H groups in total. The third-order valence-corrected chi connectivity index (χ3v) is 29.6. The van der Waals surface area contributed by atoms with Crippen LogP contribution in [0.15, 0.2) is 48.5 Å². The first kappa shape index (κ1) is 20.9. The van der Waals surface area contributed by atoms with Crippen LogP contribution in [0.25, 0.3) is 0 Å². The van der Waals surface area contributed by atoms with Gasteiger partial charge in [0.2, 0.25) is 0 Å². The zero-order chi connectivity index (χ0) is 18.5. The molecule has 2 aromatic rings. The van der Waals surface area contributed by atoms with Crippen molar-refractivity contribution in [2.45, 2.75) is 46.4 Å². The van der Waals surface area contributed by atoms with Gasteiger partial charge in [-0.05, 0) is 0 Å². The molecule has 0 atom stereocenters. The number of hydrogen-bond acceptors (Lipinski definition) is 3. The number of rotatable bonds is 8. The van der Waals surface area contributed by atoms with Gasteiger partial charge in [-0.3, -0.25) is 0 Å². The van der Waals surface area contributed by atoms with Gasteiger partial charge in [0.05, 0.1) is 0 Å². The van der Waals surface area contributed by atoms with Gasteiger partial charge < -0.3 is 0 Å². The molecule has 5 heteroatoms. The molecule has 0 bridgehead atoms. The van der Waals surface area contributed by atoms with Crippen molar-refractivity contribution < 1.29 is 7.56 Å². The van der Waals surface area contributed by atoms with E-state index < -0.39 is 38.4 Å². The minimum atomic E-state index is -3.16. The van der Waals surface area contributed by atoms with Crippen molar-refractivity contribution in [3.63, 3.8) is 0 Å². The van der Waals surface area contributed by atoms with E-state index in [1.54, 1.807) is 0 Å². The van der Waals surface area contributed by atoms with Crippen LogP contribution >= 0.6 is 0 Å². The fourth-order valence-electron chi connectivity index (χ4n) is 2.95. The Kier molecular flexibility index (Phi) is 7.52. The second-order valence-electron chi connectivity index (χ2n) is 7.03. The molecule has 2 rings (SSSR count). The summed E-state index contributed by atoms with van der Waals surface area (Å²) in [5, 5.41) is 0. The summed E-state index contributed by atoms with van der Waals surface area (Å²) in [6, 6.07) is 16.5. The van der Waals surface area contributed by atoms with Crippen molar-refractivity contribution in [3.05, 3.63) is 59.7 Å². The molecule has 0 unspecified atom stereocenters. The van der Waals surface area contributed by atoms with E-state index in [-0.39, 0.29) is 0 Å². The molecule has 0 amide bonds. The average Bonchev–Trinajstić information content (AvgIpc) is 2.54. The average molecular weight is 556 g/mol. The van der Waals surface area contributed by atoms with Crippen LogP contribution in [0.2, 0.25) is 19.8 Å². The fraction of sp³-hybridized carbons (Fsp3) is 0.400. The van der Waals surface area contributed by atoms with Crippen LogP contribution in [0.5, 0.6) is 11.5 Å². The van der Waals surface area contributed by atoms with E-state index in [2.05, 4.69) is 70.0 Å². The van der Waals surface area contributed by atoms with Gasteiger partial charge in [0, 0.05) is 0 Å². The van der Waals surface area contributed by atoms with Crippen molar-refractivity contribution in [1.29, 1.82) is 0 Å². The van der Waals surface area contributed by atoms with Crippen LogP contribution in [0.4, 0.5) is 0 Å². The number of hydrogen-bond donors (Lipinski definition) is 0. The van der Waals surface area contributed by atoms with Gasteiger partial charge in [-0.25, -0.2) is 0 Å². The predicted molar refractivity (Wildman–Crippen MR) is 109 cm³/mol. The first-order chi connectivity index (χ1) is 11.8. The summed E-state index contributed by atoms with van der Waals surface area (Å²) < 4.78 is 19.4. The van der Waals surface area contributed by atoms with Gasteiger partial charge in [-0.2, -0.15) is 0 Å². The van der Waals surface area contributed by atoms with Crippen LogP contribution in [0, 0.1) is 0 Å². The molecule has 136 valence electrons. The summed E-state index contributed by atoms with van der Waals surface area (Å²) in [5.74, 6) is 1.95. The number of benzene rings is 2. The van der Waals surface area contributed by atoms with Crippen molar-refractivity contribution in [2.24, 2.45) is 0 Å². The van der Waals surface area contributed by atoms with Crippen molar-refractivity contribution in [3.8, 4) is 11.5 Å². The molecule has 0 aliphatic heterocycles. The first-order valence-corrected chi connectivity index (χ1v) is 25.1. The predicted octanol–water partition coefficient (Wildman–Crippen LogP) is 5.69. The zero-order valence-corrected chi connectivity index (χ0v) is 22.0. The zero-order valence-electron chi connectivity index (χ0n) is 16.3. The molecule has 0 aromatic heterocycles. The number of para-hydroxylation sites is 2. The monoisotopic (exact) mass is 558 g/mol. The molecule has 0 aliphatic carbocycles. The Morgan fingerprint density at radius 3 is 1.36 bits per heavy atom. The summed E-state index contributed by atoms with van der Waals surface area (Å²) in [6.07, 6.45) is 1.93. The summed E-state index contributed by atoms with van der Waals surface area (Å²) >= 11 is -6.33. The van der Waals surface area contributed by atoms with Gasteiger partial charge in [-0.1, -0.05) is 0 Å². The van der Waals surface area contributed by atoms with E-state index in [0.717, 1.165) is 24.3 Å². The van der Waals surface area contributed by atoms with Crippen LogP contribution in [0.1, 0.15) is 25.0 Å². The van der Waals surface area contributed by atoms with E-state index in [4.69, 9.17) is 7.56 Å². The molecular formula is C20H30O3Sn2. The third-order valence-electron chi connectivity index (χ3n) is 3.91. The maximum absolute atomic E-state index is 6.61. The normalized spacial score (nSPS) is 12.1. The topological polar surface area (TPSA) is 27.7 Å². The Balaban J connectivity index is 2.12. The Morgan fingerprint density at radius 2 is 1.00 bits per heavy atom. The summed E-state index contributed by atoms with van der Waals surface area (Å²) in [7, 11) is 0. The molecule has 0 saturated carbocycles. The Hall–Kier alpha value is -0.403. The first-order valence-electron chi connectivity index (χ1n) is 9.00. The standard InChI is InChI=1S/2C8H10O.4CH3.O.2Sn/c2*1-2-7-5-3-4-6-8(7)9;;;;;;;/h2*3-6,9H,2H2,1H3;4*1H3;;;/q;;;;;;;2*+1/p-2. The minimum absolute atomic E-state index is 0.963. The SMILES string of the molecule is CCc1ccccc1[O][Sn]([CH3])([CH3])[O][Sn]([CH3])([CH3])[O]c1ccccc1CC. The molecule has 0 heterocycles. The molecule has 0 saturated heterocycles. The molecule has 25 heavy (non-hydrogen) atoms. The van der Waals surface area contributed by atoms with E-state index >= 15 is 0 Å². The second-order valence-corrected chi connectivity index (χ2v) is 28.7. The number of aryl methyl sites for hydroxylation is 2. The quantitative estimate of drug-likeness (QED) is 0.392. The van der Waals surface area contributed by atoms with Crippen molar-refractivity contribution in [1.82, 2.24) is 0 Å². The summed E-state index contributed by atoms with van der Waals surface area (Å²) in [5.41, 5.74) is 2.47. The Bertz CT molecular complexity index is 639. The van der Waals surface area contributed by atoms with Crippen LogP contribution in [-0.2, 0) is 14.3 Å². The van der Waals surface area contributed by atoms with E-state index in [9.17, 15) is 0 Å². The van der Waals surface area contributed by atoms with Gasteiger partial charge in [0.15, 0.2) is 0 Å². The third kappa shape index (κ3) is 6.36. The van der Waals surface area contributed by atoms with Gasteiger partial charge in [0.25, 0.3) is 0 Å². The molecule has 0 spiro atoms. The van der Waals surface area contributed by atoms with Gasteiger partial charge in [-0.15, -0.1) is 0 Å². The molecule has 0 aliphatic rings. The van der Waals surface area contributed by atoms with Gasteiger partial charge >= 0.3 is 164 Å². The maximum atomic E-state index is 6.61. The van der Waals surface area contributed by atoms with Crippen molar-refractivity contribution >= 4 is 38.4 Å². The molecule has 0 radical (unpaired) electrons. The molecule has 3 nitrogen and oxygen atoms in total. The molecule has 0 fully saturated rings. The second kappa shape index (κ2) is 9.00. The van der Waals surface area contributed by atoms with Crippen molar-refractivity contribution in [2.75, 3.05) is 0 Å². The summed E-state index contributed by atoms with van der Waals surface area (Å²) in [4.78, 5) is 8.70. The van der Waals surface area contributed by atoms with E-state index in [1.165, 1.54) is 11.1 Å². The Labute approximate surface area is 162 Å². The molecular weight excluding hydrogens is 526 g/mol. The van der Waals surface area contributed by atoms with Gasteiger partial charge in [0.1, 0.15) is 0 Å². The summed E-state index contributed by atoms with van der Waals surface area (Å²) in [6.45, 7) is 4.30. The van der Waals surface area contributed by atoms with Crippen LogP contribution in [0.3, 0.4) is 0 Å². The molecule has 2 aromatic carbocycles. The fourth-order valence-corrected chi connectivity index (χ4v) is 35.0. The van der Waals surface area contributed by atoms with E-state index in [1.807, 2.05) is 12.1 Å². The van der Waals surface area contributed by atoms with Crippen LogP contribution in [-0.4, -0.2) is 38.4 Å². The Morgan fingerprint density at radius 1 is 0.640 bits per heavy atom.